The smallest absolute Gasteiger partial charge is 0.337 e. The van der Waals surface area contributed by atoms with Crippen LogP contribution in [-0.2, 0) is 4.74 Å². The third-order valence-corrected chi connectivity index (χ3v) is 1.80. The molecule has 2 heterocycles. The topological polar surface area (TPSA) is 62.2 Å². The van der Waals surface area contributed by atoms with Gasteiger partial charge in [0.15, 0.2) is 0 Å². The first-order valence-corrected chi connectivity index (χ1v) is 4.00. The molecule has 1 radical (unpaired) electrons. The van der Waals surface area contributed by atoms with Gasteiger partial charge in [-0.3, -0.25) is 0 Å². The van der Waals surface area contributed by atoms with Crippen LogP contribution in [0, 0.1) is 0 Å². The van der Waals surface area contributed by atoms with E-state index in [0.29, 0.717) is 12.6 Å². The van der Waals surface area contributed by atoms with E-state index in [9.17, 15) is 0 Å². The maximum Gasteiger partial charge on any atom is 0.337 e. The number of rotatable bonds is 3. The van der Waals surface area contributed by atoms with E-state index >= 15 is 0 Å². The Hall–Kier alpha value is -1.10. The highest BCUT2D eigenvalue weighted by atomic mass is 16.5. The predicted molar refractivity (Wildman–Crippen MR) is 39.9 cm³/mol. The molecule has 1 fully saturated rings. The molecule has 65 valence electrons. The normalized spacial score (nSPS) is 22.8. The molecule has 0 aliphatic carbocycles. The molecule has 1 saturated heterocycles. The van der Waals surface area contributed by atoms with E-state index < -0.39 is 0 Å². The van der Waals surface area contributed by atoms with E-state index in [1.807, 2.05) is 0 Å². The Bertz CT molecular complexity index is 219. The van der Waals surface area contributed by atoms with Crippen LogP contribution in [0.4, 0.5) is 6.01 Å². The standard InChI is InChI=1S/C7H10N3O2/c1-2-6(11-3-1)4-8-7-10-9-5-12-7/h5-6H,1-4H2. The van der Waals surface area contributed by atoms with E-state index in [2.05, 4.69) is 15.5 Å². The van der Waals surface area contributed by atoms with Gasteiger partial charge in [0.05, 0.1) is 12.6 Å². The highest BCUT2D eigenvalue weighted by molar-refractivity contribution is 5.00. The molecule has 1 unspecified atom stereocenters. The molecule has 2 rings (SSSR count). The average Bonchev–Trinajstić information content (AvgIpc) is 2.74. The molecule has 0 N–H and O–H groups in total. The van der Waals surface area contributed by atoms with Gasteiger partial charge in [0.1, 0.15) is 0 Å². The molecule has 5 nitrogen and oxygen atoms in total. The highest BCUT2D eigenvalue weighted by Crippen LogP contribution is 2.12. The van der Waals surface area contributed by atoms with Crippen LogP contribution in [0.5, 0.6) is 0 Å². The van der Waals surface area contributed by atoms with Crippen LogP contribution in [0.15, 0.2) is 10.8 Å². The fraction of sp³-hybridized carbons (Fsp3) is 0.714. The lowest BCUT2D eigenvalue weighted by molar-refractivity contribution is 0.111. The van der Waals surface area contributed by atoms with Gasteiger partial charge in [-0.15, -0.1) is 5.10 Å². The van der Waals surface area contributed by atoms with Crippen LogP contribution in [0.3, 0.4) is 0 Å². The minimum atomic E-state index is 0.247. The minimum Gasteiger partial charge on any atom is -0.410 e. The van der Waals surface area contributed by atoms with Crippen molar-refractivity contribution >= 4 is 6.01 Å². The molecule has 5 heteroatoms. The van der Waals surface area contributed by atoms with Crippen molar-refractivity contribution < 1.29 is 9.15 Å². The van der Waals surface area contributed by atoms with Crippen LogP contribution in [0.2, 0.25) is 0 Å². The molecule has 1 atom stereocenters. The molecule has 1 aromatic rings. The van der Waals surface area contributed by atoms with Gasteiger partial charge in [-0.1, -0.05) is 5.10 Å². The van der Waals surface area contributed by atoms with Crippen molar-refractivity contribution in [1.29, 1.82) is 0 Å². The second-order valence-corrected chi connectivity index (χ2v) is 2.70. The van der Waals surface area contributed by atoms with Crippen LogP contribution < -0.4 is 5.32 Å². The van der Waals surface area contributed by atoms with E-state index in [1.54, 1.807) is 0 Å². The quantitative estimate of drug-likeness (QED) is 0.658. The molecule has 0 saturated carbocycles. The Morgan fingerprint density at radius 2 is 2.67 bits per heavy atom. The second kappa shape index (κ2) is 3.53. The molecule has 0 bridgehead atoms. The van der Waals surface area contributed by atoms with Crippen LogP contribution >= 0.6 is 0 Å². The summed E-state index contributed by atoms with van der Waals surface area (Å²) in [5.41, 5.74) is 0. The predicted octanol–water partition coefficient (Wildman–Crippen LogP) is 0.484. The fourth-order valence-corrected chi connectivity index (χ4v) is 1.20. The maximum atomic E-state index is 5.37. The van der Waals surface area contributed by atoms with Gasteiger partial charge >= 0.3 is 6.01 Å². The maximum absolute atomic E-state index is 5.37. The second-order valence-electron chi connectivity index (χ2n) is 2.70. The lowest BCUT2D eigenvalue weighted by atomic mass is 10.2. The molecule has 0 aromatic carbocycles. The van der Waals surface area contributed by atoms with Gasteiger partial charge < -0.3 is 9.15 Å². The van der Waals surface area contributed by atoms with Gasteiger partial charge in [-0.2, -0.15) is 0 Å². The Balaban J connectivity index is 1.74. The summed E-state index contributed by atoms with van der Waals surface area (Å²) in [5.74, 6) is 0. The SMILES string of the molecule is c1nnc([N]CC2CCCO2)o1. The lowest BCUT2D eigenvalue weighted by Gasteiger charge is -2.05. The van der Waals surface area contributed by atoms with Crippen LogP contribution in [0.25, 0.3) is 0 Å². The summed E-state index contributed by atoms with van der Waals surface area (Å²) in [6.07, 6.45) is 3.73. The fourth-order valence-electron chi connectivity index (χ4n) is 1.20. The summed E-state index contributed by atoms with van der Waals surface area (Å²) in [7, 11) is 0. The molecule has 0 spiro atoms. The van der Waals surface area contributed by atoms with Crippen LogP contribution in [-0.4, -0.2) is 29.5 Å². The van der Waals surface area contributed by atoms with Gasteiger partial charge in [0.2, 0.25) is 6.39 Å². The van der Waals surface area contributed by atoms with E-state index in [0.717, 1.165) is 19.4 Å². The van der Waals surface area contributed by atoms with Gasteiger partial charge in [0.25, 0.3) is 0 Å². The van der Waals surface area contributed by atoms with Gasteiger partial charge in [-0.05, 0) is 12.8 Å². The first kappa shape index (κ1) is 7.54. The van der Waals surface area contributed by atoms with Crippen molar-refractivity contribution in [1.82, 2.24) is 15.5 Å². The summed E-state index contributed by atoms with van der Waals surface area (Å²) in [4.78, 5) is 0. The Kier molecular flexibility index (Phi) is 2.22. The zero-order valence-corrected chi connectivity index (χ0v) is 6.64. The number of hydrogen-bond acceptors (Lipinski definition) is 4. The average molecular weight is 168 g/mol. The molecule has 1 aliphatic rings. The zero-order valence-electron chi connectivity index (χ0n) is 6.64. The van der Waals surface area contributed by atoms with Crippen molar-refractivity contribution in [3.8, 4) is 0 Å². The minimum absolute atomic E-state index is 0.247. The first-order valence-electron chi connectivity index (χ1n) is 4.00. The number of aromatic nitrogens is 2. The Labute approximate surface area is 70.1 Å². The number of nitrogens with zero attached hydrogens (tertiary/aromatic N) is 3. The van der Waals surface area contributed by atoms with Crippen LogP contribution in [0.1, 0.15) is 12.8 Å². The molecule has 12 heavy (non-hydrogen) atoms. The molecule has 1 aliphatic heterocycles. The van der Waals surface area contributed by atoms with Crippen molar-refractivity contribution in [3.63, 3.8) is 0 Å². The van der Waals surface area contributed by atoms with Gasteiger partial charge in [-0.25, -0.2) is 5.32 Å². The molecule has 1 aromatic heterocycles. The van der Waals surface area contributed by atoms with Crippen molar-refractivity contribution in [2.24, 2.45) is 0 Å². The van der Waals surface area contributed by atoms with Gasteiger partial charge in [0, 0.05) is 6.61 Å². The van der Waals surface area contributed by atoms with E-state index in [1.165, 1.54) is 6.39 Å². The Morgan fingerprint density at radius 1 is 1.67 bits per heavy atom. The third kappa shape index (κ3) is 1.73. The lowest BCUT2D eigenvalue weighted by Crippen LogP contribution is -2.17. The number of hydrogen-bond donors (Lipinski definition) is 0. The molecule has 0 amide bonds. The summed E-state index contributed by atoms with van der Waals surface area (Å²) in [6.45, 7) is 1.48. The largest absolute Gasteiger partial charge is 0.410 e. The van der Waals surface area contributed by atoms with Crippen molar-refractivity contribution in [3.05, 3.63) is 6.39 Å². The monoisotopic (exact) mass is 168 g/mol. The van der Waals surface area contributed by atoms with E-state index in [-0.39, 0.29) is 6.10 Å². The summed E-state index contributed by atoms with van der Waals surface area (Å²) in [6, 6.07) is 0.338. The van der Waals surface area contributed by atoms with Crippen molar-refractivity contribution in [2.45, 2.75) is 18.9 Å². The van der Waals surface area contributed by atoms with Crippen molar-refractivity contribution in [2.75, 3.05) is 13.2 Å². The Morgan fingerprint density at radius 3 is 3.33 bits per heavy atom. The summed E-state index contributed by atoms with van der Waals surface area (Å²) >= 11 is 0. The summed E-state index contributed by atoms with van der Waals surface area (Å²) in [5, 5.41) is 11.2. The summed E-state index contributed by atoms with van der Waals surface area (Å²) < 4.78 is 10.2. The molecular weight excluding hydrogens is 158 g/mol. The molecular formula is C7H10N3O2. The first-order chi connectivity index (χ1) is 5.95. The highest BCUT2D eigenvalue weighted by Gasteiger charge is 2.16. The zero-order chi connectivity index (χ0) is 8.23. The third-order valence-electron chi connectivity index (χ3n) is 1.80. The van der Waals surface area contributed by atoms with E-state index in [4.69, 9.17) is 9.15 Å². The number of ether oxygens (including phenoxy) is 1.